The Bertz CT molecular complexity index is 1420. The molecule has 1 aromatic carbocycles. The van der Waals surface area contributed by atoms with Gasteiger partial charge in [0.25, 0.3) is 0 Å². The van der Waals surface area contributed by atoms with Crippen molar-refractivity contribution >= 4 is 33.9 Å². The summed E-state index contributed by atoms with van der Waals surface area (Å²) in [5, 5.41) is 19.4. The predicted molar refractivity (Wildman–Crippen MR) is 139 cm³/mol. The molecule has 192 valence electrons. The van der Waals surface area contributed by atoms with E-state index in [4.69, 9.17) is 11.6 Å². The predicted octanol–water partition coefficient (Wildman–Crippen LogP) is 5.37. The Balaban J connectivity index is 1.57. The maximum Gasteiger partial charge on any atom is 0.221 e. The van der Waals surface area contributed by atoms with Gasteiger partial charge in [0.1, 0.15) is 6.07 Å². The van der Waals surface area contributed by atoms with Gasteiger partial charge in [0.15, 0.2) is 0 Å². The van der Waals surface area contributed by atoms with E-state index in [0.717, 1.165) is 18.9 Å². The van der Waals surface area contributed by atoms with Gasteiger partial charge in [0.05, 0.1) is 33.5 Å². The van der Waals surface area contributed by atoms with Gasteiger partial charge in [-0.15, -0.1) is 5.53 Å². The fourth-order valence-electron chi connectivity index (χ4n) is 4.14. The molecule has 5 rings (SSSR count). The molecule has 4 N–H and O–H groups in total. The van der Waals surface area contributed by atoms with E-state index in [1.165, 1.54) is 12.3 Å². The Hall–Kier alpha value is -3.68. The maximum absolute atomic E-state index is 14.9. The van der Waals surface area contributed by atoms with Gasteiger partial charge in [-0.3, -0.25) is 9.99 Å². The number of aromatic nitrogens is 2. The largest absolute Gasteiger partial charge is 0.383 e. The lowest BCUT2D eigenvalue weighted by Gasteiger charge is -2.23. The quantitative estimate of drug-likeness (QED) is 0.306. The first-order chi connectivity index (χ1) is 17.6. The van der Waals surface area contributed by atoms with Crippen LogP contribution in [0.1, 0.15) is 50.8 Å². The van der Waals surface area contributed by atoms with Crippen LogP contribution in [-0.4, -0.2) is 27.6 Å². The third-order valence-electron chi connectivity index (χ3n) is 6.17. The van der Waals surface area contributed by atoms with E-state index in [0.29, 0.717) is 51.1 Å². The van der Waals surface area contributed by atoms with Crippen LogP contribution in [0.25, 0.3) is 10.9 Å². The van der Waals surface area contributed by atoms with Crippen LogP contribution in [0.2, 0.25) is 5.02 Å². The number of nitrogens with zero attached hydrogens (tertiary/aromatic N) is 4. The Morgan fingerprint density at radius 2 is 2.05 bits per heavy atom. The molecule has 3 aromatic rings. The number of halogens is 3. The number of hydrogen-bond acceptors (Lipinski definition) is 8. The summed E-state index contributed by atoms with van der Waals surface area (Å²) in [6.45, 7) is 6.89. The van der Waals surface area contributed by atoms with E-state index < -0.39 is 17.9 Å². The van der Waals surface area contributed by atoms with Crippen molar-refractivity contribution in [1.82, 2.24) is 25.9 Å². The molecule has 0 radical (unpaired) electrons. The van der Waals surface area contributed by atoms with Crippen LogP contribution < -0.4 is 21.6 Å². The molecule has 1 atom stereocenters. The molecule has 1 saturated carbocycles. The maximum atomic E-state index is 14.9. The molecule has 1 aliphatic heterocycles. The summed E-state index contributed by atoms with van der Waals surface area (Å²) in [6, 6.07) is 7.83. The third kappa shape index (κ3) is 5.38. The number of rotatable bonds is 7. The lowest BCUT2D eigenvalue weighted by atomic mass is 9.96. The monoisotopic (exact) mass is 524 g/mol. The first-order valence-electron chi connectivity index (χ1n) is 12.0. The van der Waals surface area contributed by atoms with Crippen LogP contribution in [-0.2, 0) is 0 Å². The summed E-state index contributed by atoms with van der Waals surface area (Å²) in [6.07, 6.45) is 5.48. The van der Waals surface area contributed by atoms with Gasteiger partial charge >= 0.3 is 0 Å². The highest BCUT2D eigenvalue weighted by Gasteiger charge is 2.33. The zero-order valence-corrected chi connectivity index (χ0v) is 21.4. The fraction of sp³-hybridized carbons (Fsp3) is 0.346. The second kappa shape index (κ2) is 9.65. The number of benzene rings is 1. The molecular weight excluding hydrogens is 498 g/mol. The molecule has 0 spiro atoms. The summed E-state index contributed by atoms with van der Waals surface area (Å²) in [5.74, 6) is -1.82. The van der Waals surface area contributed by atoms with Crippen LogP contribution in [0.15, 0.2) is 42.4 Å². The van der Waals surface area contributed by atoms with Crippen LogP contribution in [0, 0.1) is 28.6 Å². The van der Waals surface area contributed by atoms with Gasteiger partial charge in [0.2, 0.25) is 11.9 Å². The summed E-state index contributed by atoms with van der Waals surface area (Å²) in [7, 11) is 0. The molecule has 0 bridgehead atoms. The molecule has 1 aliphatic carbocycles. The van der Waals surface area contributed by atoms with Crippen LogP contribution in [0.5, 0.6) is 0 Å². The highest BCUT2D eigenvalue weighted by Crippen LogP contribution is 2.37. The van der Waals surface area contributed by atoms with Gasteiger partial charge in [-0.05, 0) is 42.5 Å². The van der Waals surface area contributed by atoms with Crippen molar-refractivity contribution in [2.45, 2.75) is 45.7 Å². The average molecular weight is 525 g/mol. The topological polar surface area (TPSA) is 101 Å². The fourth-order valence-corrected chi connectivity index (χ4v) is 4.41. The molecular formula is C26H27ClF2N8. The number of hydrazine groups is 2. The summed E-state index contributed by atoms with van der Waals surface area (Å²) >= 11 is 6.63. The minimum Gasteiger partial charge on any atom is -0.383 e. The summed E-state index contributed by atoms with van der Waals surface area (Å²) in [5.41, 5.74) is 9.04. The van der Waals surface area contributed by atoms with Crippen LogP contribution in [0.3, 0.4) is 0 Å². The lowest BCUT2D eigenvalue weighted by molar-refractivity contribution is 0.260. The highest BCUT2D eigenvalue weighted by molar-refractivity contribution is 6.35. The van der Waals surface area contributed by atoms with Crippen molar-refractivity contribution < 1.29 is 8.78 Å². The van der Waals surface area contributed by atoms with Crippen molar-refractivity contribution in [1.29, 1.82) is 5.26 Å². The van der Waals surface area contributed by atoms with Gasteiger partial charge < -0.3 is 16.1 Å². The van der Waals surface area contributed by atoms with Crippen LogP contribution >= 0.6 is 11.6 Å². The Morgan fingerprint density at radius 1 is 1.27 bits per heavy atom. The lowest BCUT2D eigenvalue weighted by Crippen LogP contribution is -2.38. The molecule has 37 heavy (non-hydrogen) atoms. The van der Waals surface area contributed by atoms with Crippen molar-refractivity contribution in [2.75, 3.05) is 17.2 Å². The Kier molecular flexibility index (Phi) is 6.52. The van der Waals surface area contributed by atoms with E-state index in [-0.39, 0.29) is 11.0 Å². The van der Waals surface area contributed by atoms with Gasteiger partial charge in [-0.2, -0.15) is 19.0 Å². The number of fused-ring (bicyclic) bond motifs is 1. The van der Waals surface area contributed by atoms with E-state index in [1.54, 1.807) is 6.07 Å². The second-order valence-corrected chi connectivity index (χ2v) is 10.9. The Morgan fingerprint density at radius 3 is 2.73 bits per heavy atom. The number of anilines is 2. The van der Waals surface area contributed by atoms with Gasteiger partial charge in [-0.25, -0.2) is 0 Å². The zero-order chi connectivity index (χ0) is 26.3. The molecule has 0 unspecified atom stereocenters. The normalized spacial score (nSPS) is 16.2. The second-order valence-electron chi connectivity index (χ2n) is 10.5. The molecule has 0 amide bonds. The number of nitriles is 1. The third-order valence-corrected chi connectivity index (χ3v) is 6.45. The first kappa shape index (κ1) is 25.0. The van der Waals surface area contributed by atoms with E-state index in [2.05, 4.69) is 58.4 Å². The first-order valence-corrected chi connectivity index (χ1v) is 12.4. The molecule has 2 aromatic heterocycles. The smallest absolute Gasteiger partial charge is 0.221 e. The van der Waals surface area contributed by atoms with Crippen molar-refractivity contribution in [2.24, 2.45) is 5.41 Å². The SMILES string of the molecule is CC(C)(C)CNc1c(C#N)cnc2c(Cl)cc(N[C@H](C3=CN(C4CC4)NN3)c3ccc(F)nc3F)cc12. The van der Waals surface area contributed by atoms with E-state index in [9.17, 15) is 14.0 Å². The zero-order valence-electron chi connectivity index (χ0n) is 20.7. The number of hydrogen-bond donors (Lipinski definition) is 4. The molecule has 0 saturated heterocycles. The molecule has 11 heteroatoms. The Labute approximate surface area is 218 Å². The van der Waals surface area contributed by atoms with Crippen LogP contribution in [0.4, 0.5) is 20.2 Å². The summed E-state index contributed by atoms with van der Waals surface area (Å²) in [4.78, 5) is 7.78. The minimum absolute atomic E-state index is 0.0404. The molecule has 1 fully saturated rings. The minimum atomic E-state index is -0.919. The van der Waals surface area contributed by atoms with E-state index >= 15 is 0 Å². The molecule has 8 nitrogen and oxygen atoms in total. The standard InChI is InChI=1S/C26H27ClF2N8/c1-26(2,3)13-32-22-14(10-30)11-31-23-18(22)8-15(9-19(23)27)33-24(17-6-7-21(28)34-25(17)29)20-12-37(36-35-20)16-4-5-16/h6-9,11-12,16,24,33,35-36H,4-5,13H2,1-3H3,(H,31,32)/t24-/m0/s1. The summed E-state index contributed by atoms with van der Waals surface area (Å²) < 4.78 is 28.5. The van der Waals surface area contributed by atoms with Crippen molar-refractivity contribution in [3.05, 3.63) is 70.4 Å². The number of nitrogens with one attached hydrogen (secondary N) is 4. The van der Waals surface area contributed by atoms with Gasteiger partial charge in [0, 0.05) is 41.6 Å². The average Bonchev–Trinajstić information content (AvgIpc) is 3.57. The highest BCUT2D eigenvalue weighted by atomic mass is 35.5. The van der Waals surface area contributed by atoms with Crippen molar-refractivity contribution in [3.63, 3.8) is 0 Å². The van der Waals surface area contributed by atoms with Crippen molar-refractivity contribution in [3.8, 4) is 6.07 Å². The van der Waals surface area contributed by atoms with E-state index in [1.807, 2.05) is 17.3 Å². The number of pyridine rings is 2. The molecule has 3 heterocycles. The molecule has 2 aliphatic rings. The van der Waals surface area contributed by atoms with Gasteiger partial charge in [-0.1, -0.05) is 32.4 Å².